The molecule has 0 saturated heterocycles. The van der Waals surface area contributed by atoms with Gasteiger partial charge in [0.25, 0.3) is 0 Å². The highest BCUT2D eigenvalue weighted by molar-refractivity contribution is 7.97. The molecule has 0 aliphatic carbocycles. The van der Waals surface area contributed by atoms with Gasteiger partial charge in [-0.1, -0.05) is 32.4 Å². The maximum Gasteiger partial charge on any atom is 0.0314 e. The summed E-state index contributed by atoms with van der Waals surface area (Å²) in [6.07, 6.45) is 7.41. The molecule has 1 aromatic carbocycles. The summed E-state index contributed by atoms with van der Waals surface area (Å²) >= 11 is 1.69. The quantitative estimate of drug-likeness (QED) is 0.681. The van der Waals surface area contributed by atoms with Crippen LogP contribution in [0, 0.1) is 0 Å². The van der Waals surface area contributed by atoms with Gasteiger partial charge in [0.15, 0.2) is 0 Å². The van der Waals surface area contributed by atoms with Crippen LogP contribution < -0.4 is 4.72 Å². The summed E-state index contributed by atoms with van der Waals surface area (Å²) in [5.74, 6) is 0.707. The lowest BCUT2D eigenvalue weighted by molar-refractivity contribution is 0.595. The fraction of sp³-hybridized carbons (Fsp3) is 0.389. The third kappa shape index (κ3) is 5.18. The first-order chi connectivity index (χ1) is 10.3. The van der Waals surface area contributed by atoms with Gasteiger partial charge in [0.05, 0.1) is 0 Å². The van der Waals surface area contributed by atoms with Gasteiger partial charge < -0.3 is 0 Å². The third-order valence-corrected chi connectivity index (χ3v) is 4.49. The number of benzene rings is 1. The molecule has 3 heteroatoms. The second-order valence-corrected chi connectivity index (χ2v) is 6.21. The van der Waals surface area contributed by atoms with Crippen molar-refractivity contribution in [2.45, 2.75) is 50.5 Å². The van der Waals surface area contributed by atoms with Gasteiger partial charge >= 0.3 is 0 Å². The fourth-order valence-corrected chi connectivity index (χ4v) is 3.14. The summed E-state index contributed by atoms with van der Waals surface area (Å²) in [5.41, 5.74) is 2.72. The molecule has 0 aliphatic heterocycles. The molecule has 0 fully saturated rings. The molecule has 1 aromatic heterocycles. The molecule has 1 N–H and O–H groups in total. The van der Waals surface area contributed by atoms with Crippen molar-refractivity contribution in [1.82, 2.24) is 9.71 Å². The Morgan fingerprint density at radius 1 is 1.05 bits per heavy atom. The van der Waals surface area contributed by atoms with E-state index in [1.54, 1.807) is 11.9 Å². The smallest absolute Gasteiger partial charge is 0.0314 e. The molecule has 2 rings (SSSR count). The van der Waals surface area contributed by atoms with Crippen LogP contribution in [0.25, 0.3) is 0 Å². The Morgan fingerprint density at radius 3 is 2.38 bits per heavy atom. The van der Waals surface area contributed by atoms with E-state index < -0.39 is 0 Å². The summed E-state index contributed by atoms with van der Waals surface area (Å²) < 4.78 is 3.39. The molecular weight excluding hydrogens is 276 g/mol. The van der Waals surface area contributed by atoms with Gasteiger partial charge in [-0.05, 0) is 66.1 Å². The van der Waals surface area contributed by atoms with Crippen LogP contribution >= 0.6 is 11.9 Å². The van der Waals surface area contributed by atoms with Crippen LogP contribution in [0.2, 0.25) is 0 Å². The van der Waals surface area contributed by atoms with Crippen LogP contribution in [0.1, 0.15) is 50.2 Å². The molecule has 21 heavy (non-hydrogen) atoms. The van der Waals surface area contributed by atoms with Crippen molar-refractivity contribution in [2.75, 3.05) is 0 Å². The zero-order valence-corrected chi connectivity index (χ0v) is 13.7. The Hall–Kier alpha value is -1.32. The van der Waals surface area contributed by atoms with Crippen molar-refractivity contribution in [3.63, 3.8) is 0 Å². The molecule has 112 valence electrons. The molecule has 2 nitrogen and oxygen atoms in total. The summed E-state index contributed by atoms with van der Waals surface area (Å²) in [4.78, 5) is 5.29. The highest BCUT2D eigenvalue weighted by Gasteiger charge is 2.07. The van der Waals surface area contributed by atoms with E-state index in [1.165, 1.54) is 35.3 Å². The van der Waals surface area contributed by atoms with Gasteiger partial charge in [0, 0.05) is 23.8 Å². The van der Waals surface area contributed by atoms with E-state index >= 15 is 0 Å². The van der Waals surface area contributed by atoms with Gasteiger partial charge in [-0.3, -0.25) is 9.71 Å². The molecule has 0 aliphatic rings. The first kappa shape index (κ1) is 16.1. The van der Waals surface area contributed by atoms with Crippen molar-refractivity contribution >= 4 is 11.9 Å². The van der Waals surface area contributed by atoms with Crippen molar-refractivity contribution in [2.24, 2.45) is 0 Å². The summed E-state index contributed by atoms with van der Waals surface area (Å²) in [7, 11) is 0. The Labute approximate surface area is 132 Å². The van der Waals surface area contributed by atoms with Gasteiger partial charge in [0.1, 0.15) is 0 Å². The Balaban J connectivity index is 1.84. The normalized spacial score (nSPS) is 12.3. The summed E-state index contributed by atoms with van der Waals surface area (Å²) in [6, 6.07) is 13.1. The van der Waals surface area contributed by atoms with E-state index in [0.717, 1.165) is 6.54 Å². The van der Waals surface area contributed by atoms with E-state index in [-0.39, 0.29) is 0 Å². The Morgan fingerprint density at radius 2 is 1.76 bits per heavy atom. The monoisotopic (exact) mass is 300 g/mol. The van der Waals surface area contributed by atoms with Crippen molar-refractivity contribution in [3.8, 4) is 0 Å². The highest BCUT2D eigenvalue weighted by Crippen LogP contribution is 2.26. The second-order valence-electron chi connectivity index (χ2n) is 5.24. The number of nitrogens with one attached hydrogen (secondary N) is 1. The first-order valence-electron chi connectivity index (χ1n) is 7.72. The zero-order valence-electron chi connectivity index (χ0n) is 12.9. The average molecular weight is 300 g/mol. The van der Waals surface area contributed by atoms with Crippen LogP contribution in [0.5, 0.6) is 0 Å². The Bertz CT molecular complexity index is 511. The largest absolute Gasteiger partial charge is 0.265 e. The molecular formula is C18H24N2S. The predicted octanol–water partition coefficient (Wildman–Crippen LogP) is 5.17. The maximum atomic E-state index is 4.03. The lowest BCUT2D eigenvalue weighted by Crippen LogP contribution is -2.03. The van der Waals surface area contributed by atoms with Crippen LogP contribution in [0.15, 0.2) is 53.7 Å². The van der Waals surface area contributed by atoms with Crippen LogP contribution in [-0.2, 0) is 6.54 Å². The van der Waals surface area contributed by atoms with E-state index in [4.69, 9.17) is 0 Å². The minimum absolute atomic E-state index is 0.707. The molecule has 0 bridgehead atoms. The highest BCUT2D eigenvalue weighted by atomic mass is 32.2. The van der Waals surface area contributed by atoms with Gasteiger partial charge in [-0.15, -0.1) is 0 Å². The number of hydrogen-bond acceptors (Lipinski definition) is 3. The minimum atomic E-state index is 0.707. The van der Waals surface area contributed by atoms with Crippen LogP contribution in [0.3, 0.4) is 0 Å². The second kappa shape index (κ2) is 8.85. The zero-order chi connectivity index (χ0) is 14.9. The van der Waals surface area contributed by atoms with Gasteiger partial charge in [-0.2, -0.15) is 0 Å². The van der Waals surface area contributed by atoms with Crippen molar-refractivity contribution < 1.29 is 0 Å². The number of pyridine rings is 1. The SMILES string of the molecule is CCCC(CC)c1ccc(SNCc2ccncc2)cc1. The fourth-order valence-electron chi connectivity index (χ4n) is 2.47. The summed E-state index contributed by atoms with van der Waals surface area (Å²) in [6.45, 7) is 5.39. The van der Waals surface area contributed by atoms with Crippen molar-refractivity contribution in [1.29, 1.82) is 0 Å². The minimum Gasteiger partial charge on any atom is -0.265 e. The standard InChI is InChI=1S/C18H24N2S/c1-3-5-16(4-2)17-6-8-18(9-7-17)21-20-14-15-10-12-19-13-11-15/h6-13,16,20H,3-5,14H2,1-2H3. The first-order valence-corrected chi connectivity index (χ1v) is 8.53. The maximum absolute atomic E-state index is 4.03. The predicted molar refractivity (Wildman–Crippen MR) is 91.3 cm³/mol. The number of nitrogens with zero attached hydrogens (tertiary/aromatic N) is 1. The Kier molecular flexibility index (Phi) is 6.77. The van der Waals surface area contributed by atoms with E-state index in [1.807, 2.05) is 24.5 Å². The average Bonchev–Trinajstić information content (AvgIpc) is 2.54. The lowest BCUT2D eigenvalue weighted by atomic mass is 9.92. The van der Waals surface area contributed by atoms with Crippen molar-refractivity contribution in [3.05, 3.63) is 59.9 Å². The molecule has 0 spiro atoms. The van der Waals surface area contributed by atoms with Crippen LogP contribution in [0.4, 0.5) is 0 Å². The molecule has 0 saturated carbocycles. The molecule has 0 amide bonds. The van der Waals surface area contributed by atoms with Crippen LogP contribution in [-0.4, -0.2) is 4.98 Å². The van der Waals surface area contributed by atoms with E-state index in [2.05, 4.69) is 47.8 Å². The number of hydrogen-bond donors (Lipinski definition) is 1. The molecule has 0 radical (unpaired) electrons. The third-order valence-electron chi connectivity index (χ3n) is 3.70. The van der Waals surface area contributed by atoms with E-state index in [0.29, 0.717) is 5.92 Å². The number of aromatic nitrogens is 1. The topological polar surface area (TPSA) is 24.9 Å². The number of rotatable bonds is 8. The molecule has 1 heterocycles. The molecule has 1 atom stereocenters. The summed E-state index contributed by atoms with van der Waals surface area (Å²) in [5, 5.41) is 0. The lowest BCUT2D eigenvalue weighted by Gasteiger charge is -2.14. The van der Waals surface area contributed by atoms with Gasteiger partial charge in [-0.25, -0.2) is 0 Å². The molecule has 2 aromatic rings. The van der Waals surface area contributed by atoms with E-state index in [9.17, 15) is 0 Å². The molecule has 1 unspecified atom stereocenters. The van der Waals surface area contributed by atoms with Gasteiger partial charge in [0.2, 0.25) is 0 Å².